The molecule has 0 aliphatic rings. The number of anilines is 1. The number of nitrogens with one attached hydrogen (secondary N) is 3. The standard InChI is InChI=1S/C18H16N4O3/c19-10-16(23)22-17(24)11-5-7-13(8-6-11)20-18(25)15-9-12-3-1-2-4-14(12)21-15/h1-9,21H,10,19H2,(H,20,25)(H,22,23,24). The maximum atomic E-state index is 12.3. The number of nitrogens with two attached hydrogens (primary N) is 1. The van der Waals surface area contributed by atoms with E-state index in [1.807, 2.05) is 24.3 Å². The molecule has 0 radical (unpaired) electrons. The molecule has 5 N–H and O–H groups in total. The van der Waals surface area contributed by atoms with Gasteiger partial charge in [0, 0.05) is 22.2 Å². The van der Waals surface area contributed by atoms with Crippen molar-refractivity contribution in [3.63, 3.8) is 0 Å². The highest BCUT2D eigenvalue weighted by Crippen LogP contribution is 2.16. The Morgan fingerprint density at radius 2 is 1.68 bits per heavy atom. The third-order valence-corrected chi connectivity index (χ3v) is 3.62. The van der Waals surface area contributed by atoms with Gasteiger partial charge in [-0.2, -0.15) is 0 Å². The van der Waals surface area contributed by atoms with Crippen LogP contribution in [0.1, 0.15) is 20.8 Å². The van der Waals surface area contributed by atoms with E-state index in [-0.39, 0.29) is 12.5 Å². The molecule has 2 aromatic carbocycles. The van der Waals surface area contributed by atoms with Crippen LogP contribution >= 0.6 is 0 Å². The number of hydrogen-bond acceptors (Lipinski definition) is 4. The second-order valence-corrected chi connectivity index (χ2v) is 5.38. The largest absolute Gasteiger partial charge is 0.351 e. The molecule has 0 spiro atoms. The van der Waals surface area contributed by atoms with Crippen molar-refractivity contribution in [3.05, 3.63) is 65.9 Å². The van der Waals surface area contributed by atoms with Crippen LogP contribution in [0.2, 0.25) is 0 Å². The van der Waals surface area contributed by atoms with E-state index in [2.05, 4.69) is 15.6 Å². The van der Waals surface area contributed by atoms with Crippen molar-refractivity contribution in [2.75, 3.05) is 11.9 Å². The third-order valence-electron chi connectivity index (χ3n) is 3.62. The summed E-state index contributed by atoms with van der Waals surface area (Å²) in [5.41, 5.74) is 7.30. The van der Waals surface area contributed by atoms with E-state index in [0.29, 0.717) is 16.9 Å². The predicted octanol–water partition coefficient (Wildman–Crippen LogP) is 1.64. The van der Waals surface area contributed by atoms with Crippen LogP contribution in [0.25, 0.3) is 10.9 Å². The maximum absolute atomic E-state index is 12.3. The first kappa shape index (κ1) is 16.4. The Labute approximate surface area is 143 Å². The summed E-state index contributed by atoms with van der Waals surface area (Å²) in [6.45, 7) is -0.260. The van der Waals surface area contributed by atoms with Gasteiger partial charge in [0.1, 0.15) is 5.69 Å². The van der Waals surface area contributed by atoms with Crippen molar-refractivity contribution >= 4 is 34.3 Å². The summed E-state index contributed by atoms with van der Waals surface area (Å²) >= 11 is 0. The van der Waals surface area contributed by atoms with Crippen LogP contribution in [0.4, 0.5) is 5.69 Å². The normalized spacial score (nSPS) is 10.4. The first-order valence-electron chi connectivity index (χ1n) is 7.60. The number of carbonyl (C=O) groups is 3. The van der Waals surface area contributed by atoms with Gasteiger partial charge in [-0.05, 0) is 36.4 Å². The lowest BCUT2D eigenvalue weighted by Crippen LogP contribution is -2.35. The van der Waals surface area contributed by atoms with Crippen LogP contribution in [-0.2, 0) is 4.79 Å². The van der Waals surface area contributed by atoms with Gasteiger partial charge >= 0.3 is 0 Å². The Kier molecular flexibility index (Phi) is 4.58. The van der Waals surface area contributed by atoms with Crippen molar-refractivity contribution in [1.82, 2.24) is 10.3 Å². The summed E-state index contributed by atoms with van der Waals surface area (Å²) in [4.78, 5) is 38.3. The lowest BCUT2D eigenvalue weighted by molar-refractivity contribution is -0.118. The molecule has 1 heterocycles. The van der Waals surface area contributed by atoms with Gasteiger partial charge in [-0.3, -0.25) is 19.7 Å². The number of rotatable bonds is 4. The van der Waals surface area contributed by atoms with E-state index in [0.717, 1.165) is 10.9 Å². The van der Waals surface area contributed by atoms with Crippen molar-refractivity contribution in [2.45, 2.75) is 0 Å². The number of para-hydroxylation sites is 1. The second kappa shape index (κ2) is 6.98. The lowest BCUT2D eigenvalue weighted by atomic mass is 10.2. The quantitative estimate of drug-likeness (QED) is 0.579. The number of aromatic amines is 1. The van der Waals surface area contributed by atoms with E-state index < -0.39 is 11.8 Å². The summed E-state index contributed by atoms with van der Waals surface area (Å²) in [5.74, 6) is -1.38. The minimum absolute atomic E-state index is 0.260. The van der Waals surface area contributed by atoms with Gasteiger partial charge in [-0.15, -0.1) is 0 Å². The minimum atomic E-state index is -0.554. The molecule has 0 aliphatic carbocycles. The molecule has 0 unspecified atom stereocenters. The van der Waals surface area contributed by atoms with E-state index in [9.17, 15) is 14.4 Å². The molecule has 126 valence electrons. The number of amides is 3. The molecule has 0 bridgehead atoms. The fourth-order valence-corrected chi connectivity index (χ4v) is 2.35. The maximum Gasteiger partial charge on any atom is 0.272 e. The molecule has 0 saturated carbocycles. The summed E-state index contributed by atoms with van der Waals surface area (Å²) in [5, 5.41) is 5.85. The Morgan fingerprint density at radius 1 is 0.960 bits per heavy atom. The van der Waals surface area contributed by atoms with Crippen LogP contribution in [-0.4, -0.2) is 29.3 Å². The number of imide groups is 1. The van der Waals surface area contributed by atoms with Crippen LogP contribution in [0, 0.1) is 0 Å². The summed E-state index contributed by atoms with van der Waals surface area (Å²) in [7, 11) is 0. The Bertz CT molecular complexity index is 911. The molecule has 0 aliphatic heterocycles. The van der Waals surface area contributed by atoms with Crippen LogP contribution in [0.15, 0.2) is 54.6 Å². The molecule has 0 atom stereocenters. The molecule has 7 nitrogen and oxygen atoms in total. The molecule has 3 rings (SSSR count). The second-order valence-electron chi connectivity index (χ2n) is 5.38. The summed E-state index contributed by atoms with van der Waals surface area (Å²) < 4.78 is 0. The average molecular weight is 336 g/mol. The van der Waals surface area contributed by atoms with Gasteiger partial charge in [0.15, 0.2) is 0 Å². The summed E-state index contributed by atoms with van der Waals surface area (Å²) in [6, 6.07) is 15.6. The molecule has 3 amide bonds. The monoisotopic (exact) mass is 336 g/mol. The zero-order valence-corrected chi connectivity index (χ0v) is 13.2. The van der Waals surface area contributed by atoms with Crippen molar-refractivity contribution in [1.29, 1.82) is 0 Å². The fraction of sp³-hybridized carbons (Fsp3) is 0.0556. The fourth-order valence-electron chi connectivity index (χ4n) is 2.35. The molecule has 1 aromatic heterocycles. The van der Waals surface area contributed by atoms with E-state index in [4.69, 9.17) is 5.73 Å². The number of hydrogen-bond donors (Lipinski definition) is 4. The van der Waals surface area contributed by atoms with E-state index in [1.165, 1.54) is 12.1 Å². The highest BCUT2D eigenvalue weighted by atomic mass is 16.2. The summed E-state index contributed by atoms with van der Waals surface area (Å²) in [6.07, 6.45) is 0. The molecule has 7 heteroatoms. The van der Waals surface area contributed by atoms with E-state index >= 15 is 0 Å². The molecule has 0 fully saturated rings. The van der Waals surface area contributed by atoms with E-state index in [1.54, 1.807) is 18.2 Å². The Morgan fingerprint density at radius 3 is 2.36 bits per heavy atom. The highest BCUT2D eigenvalue weighted by molar-refractivity contribution is 6.07. The average Bonchev–Trinajstić information content (AvgIpc) is 3.06. The Balaban J connectivity index is 1.69. The zero-order chi connectivity index (χ0) is 17.8. The number of aromatic nitrogens is 1. The Hall–Kier alpha value is -3.45. The van der Waals surface area contributed by atoms with Crippen LogP contribution < -0.4 is 16.4 Å². The molecule has 0 saturated heterocycles. The van der Waals surface area contributed by atoms with Crippen LogP contribution in [0.3, 0.4) is 0 Å². The van der Waals surface area contributed by atoms with Gasteiger partial charge in [-0.1, -0.05) is 18.2 Å². The van der Waals surface area contributed by atoms with Crippen molar-refractivity contribution in [2.24, 2.45) is 5.73 Å². The number of fused-ring (bicyclic) bond motifs is 1. The number of carbonyl (C=O) groups excluding carboxylic acids is 3. The number of H-pyrrole nitrogens is 1. The lowest BCUT2D eigenvalue weighted by Gasteiger charge is -2.06. The SMILES string of the molecule is NCC(=O)NC(=O)c1ccc(NC(=O)c2cc3ccccc3[nH]2)cc1. The number of benzene rings is 2. The highest BCUT2D eigenvalue weighted by Gasteiger charge is 2.11. The molecular weight excluding hydrogens is 320 g/mol. The van der Waals surface area contributed by atoms with Gasteiger partial charge in [-0.25, -0.2) is 0 Å². The molecular formula is C18H16N4O3. The van der Waals surface area contributed by atoms with Gasteiger partial charge in [0.25, 0.3) is 11.8 Å². The van der Waals surface area contributed by atoms with Gasteiger partial charge in [0.2, 0.25) is 5.91 Å². The van der Waals surface area contributed by atoms with Crippen LogP contribution in [0.5, 0.6) is 0 Å². The zero-order valence-electron chi connectivity index (χ0n) is 13.2. The minimum Gasteiger partial charge on any atom is -0.351 e. The third kappa shape index (κ3) is 3.73. The molecule has 25 heavy (non-hydrogen) atoms. The first-order valence-corrected chi connectivity index (χ1v) is 7.60. The predicted molar refractivity (Wildman–Crippen MR) is 94.2 cm³/mol. The first-order chi connectivity index (χ1) is 12.1. The van der Waals surface area contributed by atoms with Gasteiger partial charge < -0.3 is 16.0 Å². The van der Waals surface area contributed by atoms with Crippen molar-refractivity contribution in [3.8, 4) is 0 Å². The molecule has 3 aromatic rings. The van der Waals surface area contributed by atoms with Gasteiger partial charge in [0.05, 0.1) is 6.54 Å². The topological polar surface area (TPSA) is 117 Å². The smallest absolute Gasteiger partial charge is 0.272 e. The van der Waals surface area contributed by atoms with Crippen molar-refractivity contribution < 1.29 is 14.4 Å².